The van der Waals surface area contributed by atoms with Gasteiger partial charge in [0.25, 0.3) is 0 Å². The van der Waals surface area contributed by atoms with Crippen LogP contribution >= 0.6 is 0 Å². The molecule has 0 heterocycles. The average Bonchev–Trinajstić information content (AvgIpc) is 2.57. The molecule has 0 radical (unpaired) electrons. The standard InChI is InChI=1S/C18H21F2N3O4/c1-10-8-16(11(2)7-14(10)24)26-9-12-13(22-18(25)23(3)21)5-4-6-15(12)27-17(19)20/h4-8,17,24H,9,21H2,1-3H3,(H,22,25). The van der Waals surface area contributed by atoms with E-state index in [0.717, 1.165) is 5.01 Å². The Kier molecular flexibility index (Phi) is 6.40. The Morgan fingerprint density at radius 3 is 2.59 bits per heavy atom. The van der Waals surface area contributed by atoms with E-state index in [1.165, 1.54) is 31.3 Å². The highest BCUT2D eigenvalue weighted by Crippen LogP contribution is 2.32. The Morgan fingerprint density at radius 2 is 1.96 bits per heavy atom. The summed E-state index contributed by atoms with van der Waals surface area (Å²) in [7, 11) is 1.34. The predicted octanol–water partition coefficient (Wildman–Crippen LogP) is 3.53. The van der Waals surface area contributed by atoms with Crippen molar-refractivity contribution in [2.24, 2.45) is 5.84 Å². The fraction of sp³-hybridized carbons (Fsp3) is 0.278. The number of hydrazine groups is 1. The van der Waals surface area contributed by atoms with E-state index in [0.29, 0.717) is 16.9 Å². The molecule has 2 aromatic carbocycles. The van der Waals surface area contributed by atoms with Gasteiger partial charge < -0.3 is 19.9 Å². The van der Waals surface area contributed by atoms with E-state index in [9.17, 15) is 18.7 Å². The number of carbonyl (C=O) groups excluding carboxylic acids is 1. The van der Waals surface area contributed by atoms with E-state index >= 15 is 0 Å². The van der Waals surface area contributed by atoms with Crippen molar-refractivity contribution < 1.29 is 28.2 Å². The van der Waals surface area contributed by atoms with Gasteiger partial charge in [0, 0.05) is 7.05 Å². The zero-order valence-corrected chi connectivity index (χ0v) is 15.1. The van der Waals surface area contributed by atoms with E-state index in [4.69, 9.17) is 10.6 Å². The van der Waals surface area contributed by atoms with Gasteiger partial charge in [0.1, 0.15) is 23.9 Å². The van der Waals surface area contributed by atoms with Gasteiger partial charge >= 0.3 is 12.6 Å². The van der Waals surface area contributed by atoms with E-state index in [1.54, 1.807) is 19.9 Å². The van der Waals surface area contributed by atoms with Crippen molar-refractivity contribution in [1.82, 2.24) is 5.01 Å². The van der Waals surface area contributed by atoms with Gasteiger partial charge in [-0.25, -0.2) is 10.6 Å². The van der Waals surface area contributed by atoms with Gasteiger partial charge in [-0.15, -0.1) is 0 Å². The van der Waals surface area contributed by atoms with Crippen LogP contribution in [0.5, 0.6) is 17.2 Å². The van der Waals surface area contributed by atoms with Crippen LogP contribution in [0.15, 0.2) is 30.3 Å². The highest BCUT2D eigenvalue weighted by Gasteiger charge is 2.17. The molecule has 4 N–H and O–H groups in total. The van der Waals surface area contributed by atoms with Crippen molar-refractivity contribution in [3.8, 4) is 17.2 Å². The van der Waals surface area contributed by atoms with E-state index in [-0.39, 0.29) is 29.4 Å². The Bertz CT molecular complexity index is 828. The first-order chi connectivity index (χ1) is 12.7. The fourth-order valence-corrected chi connectivity index (χ4v) is 2.32. The number of aryl methyl sites for hydroxylation is 2. The molecule has 146 valence electrons. The maximum atomic E-state index is 12.7. The number of alkyl halides is 2. The molecule has 0 saturated heterocycles. The summed E-state index contributed by atoms with van der Waals surface area (Å²) >= 11 is 0. The molecule has 0 saturated carbocycles. The van der Waals surface area contributed by atoms with Crippen molar-refractivity contribution in [1.29, 1.82) is 0 Å². The Hall–Kier alpha value is -3.07. The van der Waals surface area contributed by atoms with E-state index in [2.05, 4.69) is 10.1 Å². The quantitative estimate of drug-likeness (QED) is 0.404. The van der Waals surface area contributed by atoms with Crippen molar-refractivity contribution >= 4 is 11.7 Å². The molecule has 0 atom stereocenters. The summed E-state index contributed by atoms with van der Waals surface area (Å²) in [6, 6.07) is 6.87. The molecule has 0 spiro atoms. The fourth-order valence-electron chi connectivity index (χ4n) is 2.32. The molecule has 0 aromatic heterocycles. The van der Waals surface area contributed by atoms with E-state index in [1.807, 2.05) is 0 Å². The summed E-state index contributed by atoms with van der Waals surface area (Å²) in [6.45, 7) is 0.252. The predicted molar refractivity (Wildman–Crippen MR) is 96.0 cm³/mol. The lowest BCUT2D eigenvalue weighted by molar-refractivity contribution is -0.0507. The Morgan fingerprint density at radius 1 is 1.26 bits per heavy atom. The molecule has 2 rings (SSSR count). The number of ether oxygens (including phenoxy) is 2. The SMILES string of the molecule is Cc1cc(OCc2c(NC(=O)N(C)N)cccc2OC(F)F)c(C)cc1O. The number of anilines is 1. The summed E-state index contributed by atoms with van der Waals surface area (Å²) in [5, 5.41) is 13.1. The second-order valence-electron chi connectivity index (χ2n) is 5.89. The molecule has 0 aliphatic rings. The minimum absolute atomic E-state index is 0.125. The maximum absolute atomic E-state index is 12.7. The number of phenolic OH excluding ortho intramolecular Hbond substituents is 1. The normalized spacial score (nSPS) is 10.6. The Balaban J connectivity index is 2.34. The van der Waals surface area contributed by atoms with Crippen LogP contribution in [-0.2, 0) is 6.61 Å². The third-order valence-corrected chi connectivity index (χ3v) is 3.78. The van der Waals surface area contributed by atoms with Crippen molar-refractivity contribution in [3.63, 3.8) is 0 Å². The van der Waals surface area contributed by atoms with Crippen LogP contribution in [0.4, 0.5) is 19.3 Å². The molecule has 9 heteroatoms. The number of carbonyl (C=O) groups is 1. The first-order valence-corrected chi connectivity index (χ1v) is 7.98. The number of urea groups is 1. The van der Waals surface area contributed by atoms with E-state index < -0.39 is 12.6 Å². The summed E-state index contributed by atoms with van der Waals surface area (Å²) in [4.78, 5) is 11.8. The molecule has 27 heavy (non-hydrogen) atoms. The smallest absolute Gasteiger partial charge is 0.387 e. The van der Waals surface area contributed by atoms with Crippen LogP contribution in [0.2, 0.25) is 0 Å². The van der Waals surface area contributed by atoms with Crippen LogP contribution < -0.4 is 20.6 Å². The largest absolute Gasteiger partial charge is 0.508 e. The second kappa shape index (κ2) is 8.54. The van der Waals surface area contributed by atoms with Crippen LogP contribution in [-0.4, -0.2) is 29.8 Å². The number of amides is 2. The molecular weight excluding hydrogens is 360 g/mol. The van der Waals surface area contributed by atoms with Gasteiger partial charge in [-0.1, -0.05) is 6.07 Å². The first-order valence-electron chi connectivity index (χ1n) is 7.98. The van der Waals surface area contributed by atoms with Crippen LogP contribution in [0.1, 0.15) is 16.7 Å². The second-order valence-corrected chi connectivity index (χ2v) is 5.89. The number of nitrogens with one attached hydrogen (secondary N) is 1. The maximum Gasteiger partial charge on any atom is 0.387 e. The highest BCUT2D eigenvalue weighted by molar-refractivity contribution is 5.90. The highest BCUT2D eigenvalue weighted by atomic mass is 19.3. The lowest BCUT2D eigenvalue weighted by Crippen LogP contribution is -2.37. The number of aromatic hydroxyl groups is 1. The number of phenols is 1. The topological polar surface area (TPSA) is 97.1 Å². The molecule has 2 amide bonds. The molecule has 0 bridgehead atoms. The Labute approximate surface area is 155 Å². The molecule has 0 unspecified atom stereocenters. The van der Waals surface area contributed by atoms with Crippen molar-refractivity contribution in [3.05, 3.63) is 47.0 Å². The monoisotopic (exact) mass is 381 g/mol. The van der Waals surface area contributed by atoms with Gasteiger partial charge in [0.15, 0.2) is 0 Å². The number of nitrogens with zero attached hydrogens (tertiary/aromatic N) is 1. The third-order valence-electron chi connectivity index (χ3n) is 3.78. The average molecular weight is 381 g/mol. The lowest BCUT2D eigenvalue weighted by Gasteiger charge is -2.19. The van der Waals surface area contributed by atoms with Crippen LogP contribution in [0.25, 0.3) is 0 Å². The molecule has 7 nitrogen and oxygen atoms in total. The summed E-state index contributed by atoms with van der Waals surface area (Å²) in [5.41, 5.74) is 1.71. The summed E-state index contributed by atoms with van der Waals surface area (Å²) in [6.07, 6.45) is 0. The first kappa shape index (κ1) is 20.2. The van der Waals surface area contributed by atoms with Crippen LogP contribution in [0, 0.1) is 13.8 Å². The lowest BCUT2D eigenvalue weighted by atomic mass is 10.1. The zero-order chi connectivity index (χ0) is 20.1. The minimum Gasteiger partial charge on any atom is -0.508 e. The number of nitrogens with two attached hydrogens (primary N) is 1. The molecular formula is C18H21F2N3O4. The van der Waals surface area contributed by atoms with Gasteiger partial charge in [-0.05, 0) is 49.2 Å². The van der Waals surface area contributed by atoms with Crippen molar-refractivity contribution in [2.45, 2.75) is 27.1 Å². The van der Waals surface area contributed by atoms with Gasteiger partial charge in [-0.3, -0.25) is 5.01 Å². The van der Waals surface area contributed by atoms with Crippen LogP contribution in [0.3, 0.4) is 0 Å². The molecule has 2 aromatic rings. The third kappa shape index (κ3) is 5.20. The van der Waals surface area contributed by atoms with Gasteiger partial charge in [0.05, 0.1) is 11.3 Å². The molecule has 0 fully saturated rings. The van der Waals surface area contributed by atoms with Gasteiger partial charge in [-0.2, -0.15) is 8.78 Å². The van der Waals surface area contributed by atoms with Crippen molar-refractivity contribution in [2.75, 3.05) is 12.4 Å². The summed E-state index contributed by atoms with van der Waals surface area (Å²) < 4.78 is 35.8. The molecule has 0 aliphatic carbocycles. The molecule has 0 aliphatic heterocycles. The minimum atomic E-state index is -3.04. The number of rotatable bonds is 6. The number of halogens is 2. The summed E-state index contributed by atoms with van der Waals surface area (Å²) in [5.74, 6) is 5.84. The zero-order valence-electron chi connectivity index (χ0n) is 15.1. The number of benzene rings is 2. The van der Waals surface area contributed by atoms with Gasteiger partial charge in [0.2, 0.25) is 0 Å². The number of hydrogen-bond acceptors (Lipinski definition) is 5. The number of hydrogen-bond donors (Lipinski definition) is 3.